The van der Waals surface area contributed by atoms with Gasteiger partial charge in [0.15, 0.2) is 0 Å². The summed E-state index contributed by atoms with van der Waals surface area (Å²) in [6.07, 6.45) is 3.06. The average Bonchev–Trinajstić information content (AvgIpc) is 3.62. The fraction of sp³-hybridized carbons (Fsp3) is 0.0606. The molecule has 202 valence electrons. The molecule has 0 spiro atoms. The van der Waals surface area contributed by atoms with Gasteiger partial charge >= 0.3 is 11.9 Å². The Kier molecular flexibility index (Phi) is 6.51. The maximum atomic E-state index is 13.8. The van der Waals surface area contributed by atoms with Gasteiger partial charge in [-0.1, -0.05) is 42.5 Å². The third-order valence-corrected chi connectivity index (χ3v) is 6.89. The second-order valence-electron chi connectivity index (χ2n) is 9.50. The largest absolute Gasteiger partial charge is 0.478 e. The van der Waals surface area contributed by atoms with E-state index in [4.69, 9.17) is 9.15 Å². The second-order valence-corrected chi connectivity index (χ2v) is 9.50. The molecule has 0 radical (unpaired) electrons. The van der Waals surface area contributed by atoms with Crippen LogP contribution in [0.3, 0.4) is 0 Å². The van der Waals surface area contributed by atoms with Crippen LogP contribution in [0.4, 0.5) is 8.78 Å². The van der Waals surface area contributed by atoms with Gasteiger partial charge in [0.1, 0.15) is 29.6 Å². The number of halogens is 2. The number of hydrogen-bond acceptors (Lipinski definition) is 5. The van der Waals surface area contributed by atoms with Gasteiger partial charge < -0.3 is 14.3 Å². The Balaban J connectivity index is 1.42. The summed E-state index contributed by atoms with van der Waals surface area (Å²) in [5.74, 6) is -2.55. The highest BCUT2D eigenvalue weighted by atomic mass is 19.1. The van der Waals surface area contributed by atoms with E-state index in [1.165, 1.54) is 66.7 Å². The topological polar surface area (TPSA) is 89.1 Å². The molecule has 1 atom stereocenters. The van der Waals surface area contributed by atoms with E-state index in [0.717, 1.165) is 5.39 Å². The molecule has 0 saturated heterocycles. The average molecular weight is 550 g/mol. The molecule has 1 aliphatic rings. The highest BCUT2D eigenvalue weighted by Gasteiger charge is 2.45. The van der Waals surface area contributed by atoms with Crippen molar-refractivity contribution in [2.75, 3.05) is 0 Å². The van der Waals surface area contributed by atoms with E-state index in [0.29, 0.717) is 33.7 Å². The number of carboxylic acids is 1. The first-order valence-corrected chi connectivity index (χ1v) is 12.7. The normalized spacial score (nSPS) is 16.1. The Hall–Kier alpha value is -5.37. The Morgan fingerprint density at radius 1 is 0.829 bits per heavy atom. The second kappa shape index (κ2) is 10.3. The molecule has 0 saturated carbocycles. The van der Waals surface area contributed by atoms with E-state index >= 15 is 0 Å². The number of carboxylic acid groups (broad SMARTS) is 1. The molecule has 0 amide bonds. The van der Waals surface area contributed by atoms with E-state index in [9.17, 15) is 23.5 Å². The lowest BCUT2D eigenvalue weighted by Gasteiger charge is -2.25. The Morgan fingerprint density at radius 3 is 2.17 bits per heavy atom. The van der Waals surface area contributed by atoms with E-state index in [-0.39, 0.29) is 17.7 Å². The third kappa shape index (κ3) is 4.91. The number of benzene rings is 4. The number of hydrogen-bond donors (Lipinski definition) is 1. The number of aromatic carboxylic acids is 1. The maximum absolute atomic E-state index is 13.8. The lowest BCUT2D eigenvalue weighted by Crippen LogP contribution is -2.34. The van der Waals surface area contributed by atoms with E-state index in [1.807, 2.05) is 18.2 Å². The lowest BCUT2D eigenvalue weighted by atomic mass is 9.85. The molecular formula is C33H21F2NO5. The maximum Gasteiger partial charge on any atom is 0.343 e. The first-order chi connectivity index (χ1) is 19.8. The first-order valence-electron chi connectivity index (χ1n) is 12.7. The molecule has 41 heavy (non-hydrogen) atoms. The van der Waals surface area contributed by atoms with Gasteiger partial charge in [0.25, 0.3) is 0 Å². The first kappa shape index (κ1) is 25.9. The lowest BCUT2D eigenvalue weighted by molar-refractivity contribution is -0.150. The number of carbonyl (C=O) groups excluding carboxylic acids is 1. The van der Waals surface area contributed by atoms with E-state index in [1.54, 1.807) is 24.3 Å². The van der Waals surface area contributed by atoms with E-state index < -0.39 is 29.1 Å². The van der Waals surface area contributed by atoms with Crippen LogP contribution in [0.2, 0.25) is 0 Å². The molecule has 0 fully saturated rings. The number of nitrogens with zero attached hydrogens (tertiary/aromatic N) is 1. The van der Waals surface area contributed by atoms with Crippen LogP contribution in [0.5, 0.6) is 0 Å². The number of aliphatic imine (C=N–C) groups is 1. The quantitative estimate of drug-likeness (QED) is 0.219. The molecule has 1 aliphatic heterocycles. The number of esters is 1. The van der Waals surface area contributed by atoms with E-state index in [2.05, 4.69) is 4.99 Å². The van der Waals surface area contributed by atoms with Crippen LogP contribution in [0.25, 0.3) is 22.1 Å². The number of para-hydroxylation sites is 1. The molecule has 4 aromatic carbocycles. The van der Waals surface area contributed by atoms with Crippen LogP contribution in [-0.4, -0.2) is 22.8 Å². The van der Waals surface area contributed by atoms with Crippen molar-refractivity contribution in [3.8, 4) is 11.1 Å². The fourth-order valence-corrected chi connectivity index (χ4v) is 4.85. The van der Waals surface area contributed by atoms with Gasteiger partial charge in [-0.15, -0.1) is 0 Å². The van der Waals surface area contributed by atoms with Crippen LogP contribution < -0.4 is 0 Å². The molecule has 6 nitrogen and oxygen atoms in total. The van der Waals surface area contributed by atoms with Crippen LogP contribution >= 0.6 is 0 Å². The van der Waals surface area contributed by atoms with Crippen LogP contribution in [0, 0.1) is 11.6 Å². The minimum Gasteiger partial charge on any atom is -0.478 e. The number of rotatable bonds is 7. The van der Waals surface area contributed by atoms with Gasteiger partial charge in [-0.3, -0.25) is 4.99 Å². The molecule has 2 heterocycles. The highest BCUT2D eigenvalue weighted by molar-refractivity contribution is 6.13. The van der Waals surface area contributed by atoms with Gasteiger partial charge in [0.05, 0.1) is 11.3 Å². The molecular weight excluding hydrogens is 528 g/mol. The summed E-state index contributed by atoms with van der Waals surface area (Å²) in [5.41, 5.74) is 0.695. The molecule has 0 aliphatic carbocycles. The number of fused-ring (bicyclic) bond motifs is 1. The predicted molar refractivity (Wildman–Crippen MR) is 149 cm³/mol. The number of allylic oxidation sites excluding steroid dienone is 1. The van der Waals surface area contributed by atoms with Crippen molar-refractivity contribution in [1.82, 2.24) is 0 Å². The minimum absolute atomic E-state index is 0.0822. The van der Waals surface area contributed by atoms with Crippen molar-refractivity contribution in [2.24, 2.45) is 4.99 Å². The molecule has 1 aromatic heterocycles. The number of carbonyl (C=O) groups is 2. The Labute approximate surface area is 232 Å². The van der Waals surface area contributed by atoms with Crippen molar-refractivity contribution in [1.29, 1.82) is 0 Å². The zero-order valence-electron chi connectivity index (χ0n) is 21.4. The highest BCUT2D eigenvalue weighted by Crippen LogP contribution is 2.38. The summed E-state index contributed by atoms with van der Waals surface area (Å²) in [5, 5.41) is 11.0. The summed E-state index contributed by atoms with van der Waals surface area (Å²) in [6.45, 7) is -0.208. The smallest absolute Gasteiger partial charge is 0.343 e. The van der Waals surface area contributed by atoms with Crippen LogP contribution in [0.15, 0.2) is 119 Å². The molecule has 6 rings (SSSR count). The Morgan fingerprint density at radius 2 is 1.49 bits per heavy atom. The van der Waals surface area contributed by atoms with Gasteiger partial charge in [-0.05, 0) is 83.4 Å². The summed E-state index contributed by atoms with van der Waals surface area (Å²) < 4.78 is 38.5. The third-order valence-electron chi connectivity index (χ3n) is 6.89. The Bertz CT molecular complexity index is 1820. The SMILES string of the molecule is O=C(O)c1cc(-c2ccc(F)cc2)ccc1C1(C(=O)OCc2cc3ccccc3o2)C=CC(c2ccc(F)cc2)=N1. The van der Waals surface area contributed by atoms with Gasteiger partial charge in [0.2, 0.25) is 5.54 Å². The summed E-state index contributed by atoms with van der Waals surface area (Å²) in [6, 6.07) is 24.9. The molecule has 5 aromatic rings. The number of furan rings is 1. The van der Waals surface area contributed by atoms with Crippen LogP contribution in [0.1, 0.15) is 27.2 Å². The summed E-state index contributed by atoms with van der Waals surface area (Å²) >= 11 is 0. The van der Waals surface area contributed by atoms with Crippen molar-refractivity contribution in [3.05, 3.63) is 143 Å². The minimum atomic E-state index is -1.84. The van der Waals surface area contributed by atoms with Crippen molar-refractivity contribution in [2.45, 2.75) is 12.1 Å². The summed E-state index contributed by atoms with van der Waals surface area (Å²) in [7, 11) is 0. The molecule has 1 unspecified atom stereocenters. The molecule has 1 N–H and O–H groups in total. The van der Waals surface area contributed by atoms with Crippen molar-refractivity contribution in [3.63, 3.8) is 0 Å². The monoisotopic (exact) mass is 549 g/mol. The number of ether oxygens (including phenoxy) is 1. The zero-order valence-corrected chi connectivity index (χ0v) is 21.4. The van der Waals surface area contributed by atoms with Gasteiger partial charge in [0, 0.05) is 10.9 Å². The van der Waals surface area contributed by atoms with Gasteiger partial charge in [-0.25, -0.2) is 18.4 Å². The van der Waals surface area contributed by atoms with Crippen molar-refractivity contribution < 1.29 is 32.6 Å². The van der Waals surface area contributed by atoms with Crippen molar-refractivity contribution >= 4 is 28.6 Å². The predicted octanol–water partition coefficient (Wildman–Crippen LogP) is 7.07. The van der Waals surface area contributed by atoms with Crippen LogP contribution in [-0.2, 0) is 21.7 Å². The fourth-order valence-electron chi connectivity index (χ4n) is 4.85. The standard InChI is InChI=1S/C33H21F2NO5/c34-24-10-5-20(6-11-24)22-9-14-28(27(18-22)31(37)38)33(16-15-29(36-33)21-7-12-25(35)13-8-21)32(39)40-19-26-17-23-3-1-2-4-30(23)41-26/h1-18H,19H2,(H,37,38). The summed E-state index contributed by atoms with van der Waals surface area (Å²) in [4.78, 5) is 31.0. The molecule has 0 bridgehead atoms. The molecule has 8 heteroatoms. The van der Waals surface area contributed by atoms with Gasteiger partial charge in [-0.2, -0.15) is 0 Å². The zero-order chi connectivity index (χ0) is 28.6.